The van der Waals surface area contributed by atoms with Crippen LogP contribution in [0.15, 0.2) is 47.4 Å². The summed E-state index contributed by atoms with van der Waals surface area (Å²) in [6, 6.07) is 12.0. The first-order valence-corrected chi connectivity index (χ1v) is 12.9. The van der Waals surface area contributed by atoms with Crippen molar-refractivity contribution in [3.8, 4) is 5.75 Å². The molecule has 0 unspecified atom stereocenters. The van der Waals surface area contributed by atoms with Crippen molar-refractivity contribution >= 4 is 50.1 Å². The summed E-state index contributed by atoms with van der Waals surface area (Å²) in [6.45, 7) is 0.406. The number of nitrogens with two attached hydrogens (primary N) is 1. The van der Waals surface area contributed by atoms with Gasteiger partial charge in [-0.25, -0.2) is 8.42 Å². The Morgan fingerprint density at radius 1 is 1.28 bits per heavy atom. The second-order valence-electron chi connectivity index (χ2n) is 8.12. The third-order valence-electron chi connectivity index (χ3n) is 5.60. The number of carboxylic acids is 1. The molecule has 0 bridgehead atoms. The molecular formula is C23H25ClN4O7S. The number of anilines is 1. The molecule has 13 heteroatoms. The number of carboxylic acid groups (broad SMARTS) is 1. The molecule has 0 aliphatic carbocycles. The number of para-hydroxylation sites is 1. The van der Waals surface area contributed by atoms with Crippen LogP contribution in [0.2, 0.25) is 5.02 Å². The number of aromatic nitrogens is 1. The Bertz CT molecular complexity index is 1380. The van der Waals surface area contributed by atoms with Gasteiger partial charge in [0, 0.05) is 30.0 Å². The zero-order valence-corrected chi connectivity index (χ0v) is 20.6. The van der Waals surface area contributed by atoms with Gasteiger partial charge in [-0.1, -0.05) is 29.8 Å². The van der Waals surface area contributed by atoms with E-state index in [9.17, 15) is 18.0 Å². The summed E-state index contributed by atoms with van der Waals surface area (Å²) in [7, 11) is -4.22. The molecule has 4 rings (SSSR count). The Balaban J connectivity index is 1.65. The zero-order chi connectivity index (χ0) is 25.9. The van der Waals surface area contributed by atoms with Crippen LogP contribution in [0, 0.1) is 0 Å². The number of amides is 1. The van der Waals surface area contributed by atoms with Crippen LogP contribution < -0.4 is 15.8 Å². The molecule has 0 saturated carbocycles. The van der Waals surface area contributed by atoms with Crippen molar-refractivity contribution in [1.29, 1.82) is 0 Å². The Morgan fingerprint density at radius 2 is 2.03 bits per heavy atom. The molecule has 2 aromatic carbocycles. The lowest BCUT2D eigenvalue weighted by Gasteiger charge is -2.32. The van der Waals surface area contributed by atoms with Crippen LogP contribution in [0.25, 0.3) is 10.9 Å². The summed E-state index contributed by atoms with van der Waals surface area (Å²) in [5.74, 6) is -1.34. The van der Waals surface area contributed by atoms with E-state index in [-0.39, 0.29) is 65.8 Å². The van der Waals surface area contributed by atoms with Gasteiger partial charge < -0.3 is 30.6 Å². The van der Waals surface area contributed by atoms with Crippen molar-refractivity contribution < 1.29 is 32.6 Å². The van der Waals surface area contributed by atoms with Crippen molar-refractivity contribution in [3.05, 3.63) is 53.2 Å². The average Bonchev–Trinajstić information content (AvgIpc) is 3.24. The minimum atomic E-state index is -4.22. The van der Waals surface area contributed by atoms with E-state index in [0.717, 1.165) is 0 Å². The number of rotatable bonds is 10. The van der Waals surface area contributed by atoms with Crippen molar-refractivity contribution in [3.63, 3.8) is 0 Å². The molecule has 1 aliphatic rings. The minimum absolute atomic E-state index is 0.00429. The molecule has 1 saturated heterocycles. The molecule has 192 valence electrons. The first-order chi connectivity index (χ1) is 17.2. The zero-order valence-electron chi connectivity index (χ0n) is 19.1. The van der Waals surface area contributed by atoms with E-state index >= 15 is 0 Å². The first kappa shape index (κ1) is 25.8. The number of carbonyl (C=O) groups is 2. The van der Waals surface area contributed by atoms with Gasteiger partial charge in [0.1, 0.15) is 29.0 Å². The number of hydrogen-bond acceptors (Lipinski definition) is 7. The fraction of sp³-hybridized carbons (Fsp3) is 0.304. The molecule has 1 fully saturated rings. The van der Waals surface area contributed by atoms with Crippen molar-refractivity contribution in [2.24, 2.45) is 5.73 Å². The lowest BCUT2D eigenvalue weighted by Crippen LogP contribution is -2.47. The topological polar surface area (TPSA) is 164 Å². The highest BCUT2D eigenvalue weighted by Crippen LogP contribution is 2.36. The van der Waals surface area contributed by atoms with E-state index in [4.69, 9.17) is 31.9 Å². The molecule has 1 aliphatic heterocycles. The monoisotopic (exact) mass is 536 g/mol. The van der Waals surface area contributed by atoms with Gasteiger partial charge in [0.15, 0.2) is 0 Å². The number of morpholine rings is 1. The fourth-order valence-corrected chi connectivity index (χ4v) is 5.97. The van der Waals surface area contributed by atoms with Crippen LogP contribution in [-0.4, -0.2) is 73.6 Å². The number of carbonyl (C=O) groups excluding carboxylic acids is 1. The Labute approximate surface area is 212 Å². The van der Waals surface area contributed by atoms with Gasteiger partial charge in [0.25, 0.3) is 5.91 Å². The van der Waals surface area contributed by atoms with E-state index in [2.05, 4.69) is 10.3 Å². The Hall–Kier alpha value is -3.32. The van der Waals surface area contributed by atoms with Gasteiger partial charge in [-0.2, -0.15) is 4.31 Å². The van der Waals surface area contributed by atoms with Gasteiger partial charge in [0.2, 0.25) is 10.0 Å². The molecule has 3 aromatic rings. The third kappa shape index (κ3) is 5.57. The van der Waals surface area contributed by atoms with Gasteiger partial charge in [-0.15, -0.1) is 0 Å². The Kier molecular flexibility index (Phi) is 7.69. The summed E-state index contributed by atoms with van der Waals surface area (Å²) in [6.07, 6.45) is -0.712. The predicted molar refractivity (Wildman–Crippen MR) is 133 cm³/mol. The highest BCUT2D eigenvalue weighted by molar-refractivity contribution is 7.89. The van der Waals surface area contributed by atoms with E-state index in [1.165, 1.54) is 16.4 Å². The van der Waals surface area contributed by atoms with E-state index in [1.807, 2.05) is 18.2 Å². The first-order valence-electron chi connectivity index (χ1n) is 11.1. The van der Waals surface area contributed by atoms with Crippen LogP contribution >= 0.6 is 11.6 Å². The molecule has 0 spiro atoms. The maximum atomic E-state index is 13.8. The van der Waals surface area contributed by atoms with Gasteiger partial charge >= 0.3 is 5.97 Å². The predicted octanol–water partition coefficient (Wildman–Crippen LogP) is 2.28. The summed E-state index contributed by atoms with van der Waals surface area (Å²) in [4.78, 5) is 25.7. The van der Waals surface area contributed by atoms with Crippen molar-refractivity contribution in [2.45, 2.75) is 17.4 Å². The standard InChI is InChI=1S/C23H25ClN4O7S/c24-14-10-17-20(18(11-14)26-7-6-19(29)30)27-21(23(25)31)22(17)36(32,33)28-8-9-34-16(12-28)13-35-15-4-2-1-3-5-15/h1-5,10-11,16,26-27H,6-9,12-13H2,(H2,25,31)(H,29,30)/t16-/m0/s1. The summed E-state index contributed by atoms with van der Waals surface area (Å²) >= 11 is 6.25. The summed E-state index contributed by atoms with van der Waals surface area (Å²) in [5, 5.41) is 12.2. The number of primary amides is 1. The second kappa shape index (κ2) is 10.7. The van der Waals surface area contributed by atoms with Crippen LogP contribution in [0.3, 0.4) is 0 Å². The second-order valence-corrected chi connectivity index (χ2v) is 10.4. The van der Waals surface area contributed by atoms with Crippen LogP contribution in [0.1, 0.15) is 16.9 Å². The quantitative estimate of drug-likeness (QED) is 0.306. The molecule has 11 nitrogen and oxygen atoms in total. The maximum absolute atomic E-state index is 13.8. The number of nitrogens with one attached hydrogen (secondary N) is 2. The van der Waals surface area contributed by atoms with Crippen LogP contribution in [-0.2, 0) is 19.6 Å². The number of aromatic amines is 1. The highest BCUT2D eigenvalue weighted by atomic mass is 35.5. The van der Waals surface area contributed by atoms with E-state index < -0.39 is 28.0 Å². The van der Waals surface area contributed by atoms with Crippen LogP contribution in [0.5, 0.6) is 5.75 Å². The van der Waals surface area contributed by atoms with E-state index in [1.54, 1.807) is 12.1 Å². The molecule has 0 radical (unpaired) electrons. The number of fused-ring (bicyclic) bond motifs is 1. The number of halogens is 1. The molecule has 36 heavy (non-hydrogen) atoms. The molecule has 5 N–H and O–H groups in total. The maximum Gasteiger partial charge on any atom is 0.305 e. The average molecular weight is 537 g/mol. The number of aliphatic carboxylic acids is 1. The number of hydrogen-bond donors (Lipinski definition) is 4. The largest absolute Gasteiger partial charge is 0.491 e. The minimum Gasteiger partial charge on any atom is -0.491 e. The number of benzene rings is 2. The normalized spacial score (nSPS) is 16.6. The molecule has 1 atom stereocenters. The number of H-pyrrole nitrogens is 1. The Morgan fingerprint density at radius 3 is 2.72 bits per heavy atom. The number of sulfonamides is 1. The van der Waals surface area contributed by atoms with Crippen molar-refractivity contribution in [2.75, 3.05) is 38.2 Å². The van der Waals surface area contributed by atoms with Crippen LogP contribution in [0.4, 0.5) is 5.69 Å². The fourth-order valence-electron chi connectivity index (χ4n) is 3.97. The molecule has 1 amide bonds. The lowest BCUT2D eigenvalue weighted by atomic mass is 10.2. The highest BCUT2D eigenvalue weighted by Gasteiger charge is 2.36. The molecule has 2 heterocycles. The number of ether oxygens (including phenoxy) is 2. The number of nitrogens with zero attached hydrogens (tertiary/aromatic N) is 1. The summed E-state index contributed by atoms with van der Waals surface area (Å²) in [5.41, 5.74) is 5.87. The van der Waals surface area contributed by atoms with Gasteiger partial charge in [-0.05, 0) is 24.3 Å². The third-order valence-corrected chi connectivity index (χ3v) is 7.77. The van der Waals surface area contributed by atoms with E-state index in [0.29, 0.717) is 11.4 Å². The van der Waals surface area contributed by atoms with Gasteiger partial charge in [-0.3, -0.25) is 9.59 Å². The SMILES string of the molecule is NC(=O)c1[nH]c2c(NCCC(=O)O)cc(Cl)cc2c1S(=O)(=O)N1CCO[C@H](COc2ccccc2)C1. The van der Waals surface area contributed by atoms with Crippen molar-refractivity contribution in [1.82, 2.24) is 9.29 Å². The molecular weight excluding hydrogens is 512 g/mol. The molecule has 1 aromatic heterocycles. The van der Waals surface area contributed by atoms with Gasteiger partial charge in [0.05, 0.1) is 24.2 Å². The lowest BCUT2D eigenvalue weighted by molar-refractivity contribution is -0.136. The summed E-state index contributed by atoms with van der Waals surface area (Å²) < 4.78 is 40.2. The smallest absolute Gasteiger partial charge is 0.305 e.